The number of nitrogens with zero attached hydrogens (tertiary/aromatic N) is 3. The molecule has 45 heavy (non-hydrogen) atoms. The third-order valence-corrected chi connectivity index (χ3v) is 8.83. The quantitative estimate of drug-likeness (QED) is 0.251. The SMILES string of the molecule is CCN(CC)C(=O)C1=C(C)N=c2s/c(=C\c3ccc(-c4ccc(C(=O)OC)cc4C)o3)c(=O)n2[C@H]1c1cc(OC)ccc1OC. The lowest BCUT2D eigenvalue weighted by atomic mass is 9.93. The number of thiazole rings is 1. The Bertz CT molecular complexity index is 2000. The van der Waals surface area contributed by atoms with Gasteiger partial charge in [-0.05, 0) is 75.7 Å². The fraction of sp³-hybridized carbons (Fsp3) is 0.294. The molecule has 0 unspecified atom stereocenters. The highest BCUT2D eigenvalue weighted by Gasteiger charge is 2.36. The number of hydrogen-bond acceptors (Lipinski definition) is 9. The molecular formula is C34H35N3O7S. The molecular weight excluding hydrogens is 594 g/mol. The molecule has 4 aromatic rings. The molecule has 10 nitrogen and oxygen atoms in total. The van der Waals surface area contributed by atoms with E-state index in [-0.39, 0.29) is 11.5 Å². The third-order valence-electron chi connectivity index (χ3n) is 7.85. The molecule has 0 spiro atoms. The minimum atomic E-state index is -0.801. The number of rotatable bonds is 9. The van der Waals surface area contributed by atoms with Crippen LogP contribution >= 0.6 is 11.3 Å². The normalized spacial score (nSPS) is 14.6. The van der Waals surface area contributed by atoms with Crippen LogP contribution in [0.1, 0.15) is 54.1 Å². The second-order valence-electron chi connectivity index (χ2n) is 10.4. The van der Waals surface area contributed by atoms with Crippen molar-refractivity contribution < 1.29 is 28.2 Å². The molecule has 0 N–H and O–H groups in total. The number of benzene rings is 2. The van der Waals surface area contributed by atoms with E-state index in [0.29, 0.717) is 67.8 Å². The van der Waals surface area contributed by atoms with Gasteiger partial charge in [0.05, 0.1) is 42.7 Å². The molecule has 0 bridgehead atoms. The Morgan fingerprint density at radius 2 is 1.78 bits per heavy atom. The van der Waals surface area contributed by atoms with Crippen molar-refractivity contribution in [1.82, 2.24) is 9.47 Å². The molecule has 0 aliphatic carbocycles. The van der Waals surface area contributed by atoms with E-state index in [1.165, 1.54) is 18.4 Å². The third kappa shape index (κ3) is 5.83. The zero-order valence-electron chi connectivity index (χ0n) is 26.3. The van der Waals surface area contributed by atoms with Gasteiger partial charge in [0.2, 0.25) is 0 Å². The highest BCUT2D eigenvalue weighted by Crippen LogP contribution is 2.38. The molecule has 5 rings (SSSR count). The van der Waals surface area contributed by atoms with Gasteiger partial charge in [-0.15, -0.1) is 0 Å². The second-order valence-corrected chi connectivity index (χ2v) is 11.4. The van der Waals surface area contributed by atoms with Crippen LogP contribution in [-0.2, 0) is 9.53 Å². The number of ether oxygens (including phenoxy) is 3. The van der Waals surface area contributed by atoms with Gasteiger partial charge in [0.25, 0.3) is 11.5 Å². The Morgan fingerprint density at radius 1 is 1.02 bits per heavy atom. The van der Waals surface area contributed by atoms with E-state index in [9.17, 15) is 14.4 Å². The van der Waals surface area contributed by atoms with Crippen molar-refractivity contribution in [2.75, 3.05) is 34.4 Å². The lowest BCUT2D eigenvalue weighted by Gasteiger charge is -2.30. The molecule has 1 amide bonds. The van der Waals surface area contributed by atoms with Gasteiger partial charge < -0.3 is 23.5 Å². The highest BCUT2D eigenvalue weighted by atomic mass is 32.1. The number of aromatic nitrogens is 1. The van der Waals surface area contributed by atoms with E-state index in [2.05, 4.69) is 0 Å². The van der Waals surface area contributed by atoms with Gasteiger partial charge in [-0.1, -0.05) is 17.4 Å². The summed E-state index contributed by atoms with van der Waals surface area (Å²) < 4.78 is 24.1. The average molecular weight is 630 g/mol. The van der Waals surface area contributed by atoms with Crippen LogP contribution in [0.2, 0.25) is 0 Å². The fourth-order valence-electron chi connectivity index (χ4n) is 5.51. The molecule has 0 saturated heterocycles. The first kappa shape index (κ1) is 31.5. The number of fused-ring (bicyclic) bond motifs is 1. The first-order valence-electron chi connectivity index (χ1n) is 14.5. The molecule has 234 valence electrons. The van der Waals surface area contributed by atoms with E-state index in [1.807, 2.05) is 26.8 Å². The van der Waals surface area contributed by atoms with Gasteiger partial charge in [-0.3, -0.25) is 14.2 Å². The maximum absolute atomic E-state index is 14.2. The van der Waals surface area contributed by atoms with Gasteiger partial charge in [0.1, 0.15) is 29.1 Å². The van der Waals surface area contributed by atoms with Gasteiger partial charge in [0.15, 0.2) is 4.80 Å². The number of aryl methyl sites for hydroxylation is 1. The number of likely N-dealkylation sites (N-methyl/N-ethyl adjacent to an activating group) is 1. The number of amides is 1. The minimum absolute atomic E-state index is 0.199. The monoisotopic (exact) mass is 629 g/mol. The number of furan rings is 1. The van der Waals surface area contributed by atoms with Crippen molar-refractivity contribution in [3.63, 3.8) is 0 Å². The van der Waals surface area contributed by atoms with Crippen LogP contribution in [-0.4, -0.2) is 55.8 Å². The topological polar surface area (TPSA) is 113 Å². The minimum Gasteiger partial charge on any atom is -0.497 e. The van der Waals surface area contributed by atoms with Crippen LogP contribution in [0.5, 0.6) is 11.5 Å². The molecule has 2 aromatic carbocycles. The van der Waals surface area contributed by atoms with E-state index in [4.69, 9.17) is 23.6 Å². The number of carbonyl (C=O) groups excluding carboxylic acids is 2. The summed E-state index contributed by atoms with van der Waals surface area (Å²) >= 11 is 1.22. The molecule has 2 aromatic heterocycles. The maximum Gasteiger partial charge on any atom is 0.337 e. The lowest BCUT2D eigenvalue weighted by Crippen LogP contribution is -2.43. The van der Waals surface area contributed by atoms with Crippen molar-refractivity contribution in [3.05, 3.63) is 102 Å². The molecule has 0 saturated carbocycles. The lowest BCUT2D eigenvalue weighted by molar-refractivity contribution is -0.127. The van der Waals surface area contributed by atoms with Crippen LogP contribution in [0, 0.1) is 6.92 Å². The maximum atomic E-state index is 14.2. The van der Waals surface area contributed by atoms with Gasteiger partial charge in [0, 0.05) is 30.3 Å². The summed E-state index contributed by atoms with van der Waals surface area (Å²) in [5, 5.41) is 0. The van der Waals surface area contributed by atoms with Crippen LogP contribution in [0.4, 0.5) is 0 Å². The molecule has 11 heteroatoms. The smallest absolute Gasteiger partial charge is 0.337 e. The molecule has 1 aliphatic heterocycles. The molecule has 0 radical (unpaired) electrons. The predicted molar refractivity (Wildman–Crippen MR) is 171 cm³/mol. The van der Waals surface area contributed by atoms with Crippen molar-refractivity contribution in [2.45, 2.75) is 33.7 Å². The van der Waals surface area contributed by atoms with E-state index >= 15 is 0 Å². The average Bonchev–Trinajstić information content (AvgIpc) is 3.63. The Morgan fingerprint density at radius 3 is 2.42 bits per heavy atom. The second kappa shape index (κ2) is 13.0. The van der Waals surface area contributed by atoms with Crippen LogP contribution in [0.3, 0.4) is 0 Å². The summed E-state index contributed by atoms with van der Waals surface area (Å²) in [6.45, 7) is 8.52. The summed E-state index contributed by atoms with van der Waals surface area (Å²) in [6, 6.07) is 13.4. The van der Waals surface area contributed by atoms with Gasteiger partial charge >= 0.3 is 5.97 Å². The molecule has 1 atom stereocenters. The fourth-order valence-corrected chi connectivity index (χ4v) is 6.54. The first-order chi connectivity index (χ1) is 21.6. The summed E-state index contributed by atoms with van der Waals surface area (Å²) in [6.07, 6.45) is 1.68. The standard InChI is InChI=1S/C34H35N3O7S/c1-8-36(9-2)32(39)29-20(4)35-34-37(30(29)25-17-22(41-5)11-14-26(25)42-6)31(38)28(45-34)18-23-12-15-27(44-23)24-13-10-21(16-19(24)3)33(40)43-7/h10-18,30H,8-9H2,1-7H3/b28-18-/t30-/m0/s1. The largest absolute Gasteiger partial charge is 0.497 e. The van der Waals surface area contributed by atoms with Crippen LogP contribution in [0.25, 0.3) is 17.4 Å². The van der Waals surface area contributed by atoms with E-state index < -0.39 is 12.0 Å². The first-order valence-corrected chi connectivity index (χ1v) is 15.3. The van der Waals surface area contributed by atoms with Crippen molar-refractivity contribution in [1.29, 1.82) is 0 Å². The highest BCUT2D eigenvalue weighted by molar-refractivity contribution is 7.07. The summed E-state index contributed by atoms with van der Waals surface area (Å²) in [5.74, 6) is 1.52. The zero-order chi connectivity index (χ0) is 32.4. The van der Waals surface area contributed by atoms with Crippen molar-refractivity contribution >= 4 is 29.3 Å². The number of methoxy groups -OCH3 is 3. The Hall–Kier alpha value is -4.90. The summed E-state index contributed by atoms with van der Waals surface area (Å²) in [7, 11) is 4.46. The molecule has 0 fully saturated rings. The summed E-state index contributed by atoms with van der Waals surface area (Å²) in [5.41, 5.74) is 3.32. The number of hydrogen-bond donors (Lipinski definition) is 0. The van der Waals surface area contributed by atoms with E-state index in [0.717, 1.165) is 11.1 Å². The number of allylic oxidation sites excluding steroid dienone is 1. The molecule has 1 aliphatic rings. The zero-order valence-corrected chi connectivity index (χ0v) is 27.1. The Balaban J connectivity index is 1.65. The summed E-state index contributed by atoms with van der Waals surface area (Å²) in [4.78, 5) is 47.0. The number of esters is 1. The molecule has 3 heterocycles. The Labute approximate surface area is 264 Å². The predicted octanol–water partition coefficient (Wildman–Crippen LogP) is 4.48. The van der Waals surface area contributed by atoms with Crippen molar-refractivity contribution in [3.8, 4) is 22.8 Å². The van der Waals surface area contributed by atoms with E-state index in [1.54, 1.807) is 79.2 Å². The van der Waals surface area contributed by atoms with Crippen LogP contribution in [0.15, 0.2) is 74.0 Å². The van der Waals surface area contributed by atoms with Crippen LogP contribution < -0.4 is 24.4 Å². The number of carbonyl (C=O) groups is 2. The van der Waals surface area contributed by atoms with Crippen molar-refractivity contribution in [2.24, 2.45) is 4.99 Å². The van der Waals surface area contributed by atoms with Gasteiger partial charge in [-0.25, -0.2) is 9.79 Å². The Kier molecular flexibility index (Phi) is 9.10. The van der Waals surface area contributed by atoms with Gasteiger partial charge in [-0.2, -0.15) is 0 Å².